The molecule has 0 unspecified atom stereocenters. The summed E-state index contributed by atoms with van der Waals surface area (Å²) < 4.78 is 5.53. The van der Waals surface area contributed by atoms with E-state index in [9.17, 15) is 0 Å². The van der Waals surface area contributed by atoms with Gasteiger partial charge in [-0.3, -0.25) is 0 Å². The lowest BCUT2D eigenvalue weighted by Crippen LogP contribution is -2.12. The first-order valence-electron chi connectivity index (χ1n) is 3.76. The third-order valence-electron chi connectivity index (χ3n) is 1.15. The average Bonchev–Trinajstić information content (AvgIpc) is 1.85. The van der Waals surface area contributed by atoms with Crippen LogP contribution in [0, 0.1) is 0 Å². The first kappa shape index (κ1) is 9.18. The lowest BCUT2D eigenvalue weighted by Gasteiger charge is -2.06. The van der Waals surface area contributed by atoms with Crippen LogP contribution in [0.5, 0.6) is 0 Å². The molecule has 0 aliphatic carbocycles. The highest BCUT2D eigenvalue weighted by molar-refractivity contribution is 6.50. The fourth-order valence-electron chi connectivity index (χ4n) is 0.701. The third-order valence-corrected chi connectivity index (χ3v) is 3.06. The summed E-state index contributed by atoms with van der Waals surface area (Å²) >= 11 is 0. The number of rotatable bonds is 5. The minimum atomic E-state index is -0.403. The Balaban J connectivity index is 2.95. The maximum atomic E-state index is 5.53. The van der Waals surface area contributed by atoms with Gasteiger partial charge < -0.3 is 4.43 Å². The maximum absolute atomic E-state index is 5.53. The molecule has 0 aromatic rings. The first-order valence-corrected chi connectivity index (χ1v) is 5.88. The molecule has 0 atom stereocenters. The molecule has 1 nitrogen and oxygen atoms in total. The fourth-order valence-corrected chi connectivity index (χ4v) is 2.10. The van der Waals surface area contributed by atoms with Crippen molar-refractivity contribution in [3.05, 3.63) is 0 Å². The van der Waals surface area contributed by atoms with Crippen LogP contribution in [-0.2, 0) is 4.43 Å². The van der Waals surface area contributed by atoms with E-state index < -0.39 is 9.04 Å². The van der Waals surface area contributed by atoms with Gasteiger partial charge in [-0.25, -0.2) is 0 Å². The van der Waals surface area contributed by atoms with E-state index in [0.717, 1.165) is 13.0 Å². The molecule has 0 spiro atoms. The molecule has 0 rings (SSSR count). The Morgan fingerprint density at radius 1 is 1.22 bits per heavy atom. The van der Waals surface area contributed by atoms with Gasteiger partial charge in [0.2, 0.25) is 9.04 Å². The summed E-state index contributed by atoms with van der Waals surface area (Å²) in [7, 11) is -0.403. The van der Waals surface area contributed by atoms with Gasteiger partial charge in [0, 0.05) is 6.61 Å². The highest BCUT2D eigenvalue weighted by Crippen LogP contribution is 1.98. The van der Waals surface area contributed by atoms with E-state index in [4.69, 9.17) is 4.43 Å². The van der Waals surface area contributed by atoms with E-state index in [2.05, 4.69) is 20.4 Å². The average molecular weight is 145 g/mol. The van der Waals surface area contributed by atoms with Gasteiger partial charge in [-0.15, -0.1) is 0 Å². The van der Waals surface area contributed by atoms with Crippen molar-refractivity contribution in [1.82, 2.24) is 0 Å². The molecule has 0 aliphatic rings. The van der Waals surface area contributed by atoms with Crippen LogP contribution in [0.2, 0.25) is 12.6 Å². The van der Waals surface area contributed by atoms with Crippen LogP contribution in [-0.4, -0.2) is 15.6 Å². The molecular formula is C7H17OSi. The van der Waals surface area contributed by atoms with Crippen molar-refractivity contribution in [2.45, 2.75) is 39.3 Å². The van der Waals surface area contributed by atoms with Crippen molar-refractivity contribution in [2.75, 3.05) is 6.61 Å². The second-order valence-corrected chi connectivity index (χ2v) is 4.49. The zero-order valence-electron chi connectivity index (χ0n) is 6.74. The monoisotopic (exact) mass is 145 g/mol. The second kappa shape index (κ2) is 6.30. The molecular weight excluding hydrogens is 128 g/mol. The lowest BCUT2D eigenvalue weighted by atomic mass is 10.5. The van der Waals surface area contributed by atoms with E-state index in [1.54, 1.807) is 0 Å². The molecule has 9 heavy (non-hydrogen) atoms. The van der Waals surface area contributed by atoms with Gasteiger partial charge in [-0.05, 0) is 19.0 Å². The highest BCUT2D eigenvalue weighted by atomic mass is 28.3. The third kappa shape index (κ3) is 6.06. The van der Waals surface area contributed by atoms with Crippen molar-refractivity contribution >= 4 is 9.04 Å². The predicted molar refractivity (Wildman–Crippen MR) is 43.0 cm³/mol. The molecule has 0 aliphatic heterocycles. The summed E-state index contributed by atoms with van der Waals surface area (Å²) in [5, 5.41) is 0. The quantitative estimate of drug-likeness (QED) is 0.540. The Kier molecular flexibility index (Phi) is 6.42. The van der Waals surface area contributed by atoms with Crippen molar-refractivity contribution in [3.63, 3.8) is 0 Å². The molecule has 0 fully saturated rings. The molecule has 0 saturated carbocycles. The predicted octanol–water partition coefficient (Wildman–Crippen LogP) is 2.44. The minimum Gasteiger partial charge on any atom is -0.417 e. The largest absolute Gasteiger partial charge is 0.417 e. The highest BCUT2D eigenvalue weighted by Gasteiger charge is 2.01. The van der Waals surface area contributed by atoms with Gasteiger partial charge in [-0.2, -0.15) is 0 Å². The van der Waals surface area contributed by atoms with E-state index in [1.807, 2.05) is 0 Å². The van der Waals surface area contributed by atoms with Crippen LogP contribution >= 0.6 is 0 Å². The molecule has 0 heterocycles. The van der Waals surface area contributed by atoms with Gasteiger partial charge in [-0.1, -0.05) is 20.3 Å². The molecule has 0 aromatic heterocycles. The Hall–Kier alpha value is 0.177. The number of hydrogen-bond acceptors (Lipinski definition) is 1. The SMILES string of the molecule is CCCO[Si](C)CCC. The number of hydrogen-bond donors (Lipinski definition) is 0. The van der Waals surface area contributed by atoms with Gasteiger partial charge in [0.25, 0.3) is 0 Å². The van der Waals surface area contributed by atoms with Gasteiger partial charge in [0.1, 0.15) is 0 Å². The maximum Gasteiger partial charge on any atom is 0.208 e. The van der Waals surface area contributed by atoms with Crippen LogP contribution in [0.15, 0.2) is 0 Å². The summed E-state index contributed by atoms with van der Waals surface area (Å²) in [6.07, 6.45) is 2.43. The molecule has 0 saturated heterocycles. The standard InChI is InChI=1S/C7H17OSi/c1-4-6-8-9(3)7-5-2/h4-7H2,1-3H3. The van der Waals surface area contributed by atoms with Crippen LogP contribution in [0.1, 0.15) is 26.7 Å². The van der Waals surface area contributed by atoms with E-state index >= 15 is 0 Å². The summed E-state index contributed by atoms with van der Waals surface area (Å²) in [6.45, 7) is 7.57. The van der Waals surface area contributed by atoms with E-state index in [0.29, 0.717) is 0 Å². The Labute approximate surface area is 60.1 Å². The van der Waals surface area contributed by atoms with Crippen LogP contribution in [0.25, 0.3) is 0 Å². The zero-order chi connectivity index (χ0) is 7.11. The summed E-state index contributed by atoms with van der Waals surface area (Å²) in [6, 6.07) is 1.30. The molecule has 0 amide bonds. The fraction of sp³-hybridized carbons (Fsp3) is 1.00. The topological polar surface area (TPSA) is 9.23 Å². The minimum absolute atomic E-state index is 0.403. The summed E-state index contributed by atoms with van der Waals surface area (Å²) in [4.78, 5) is 0. The van der Waals surface area contributed by atoms with Crippen molar-refractivity contribution in [2.24, 2.45) is 0 Å². The molecule has 0 aromatic carbocycles. The van der Waals surface area contributed by atoms with Crippen LogP contribution in [0.4, 0.5) is 0 Å². The molecule has 0 bridgehead atoms. The van der Waals surface area contributed by atoms with Gasteiger partial charge >= 0.3 is 0 Å². The summed E-state index contributed by atoms with van der Waals surface area (Å²) in [5.41, 5.74) is 0. The normalized spacial score (nSPS) is 10.7. The first-order chi connectivity index (χ1) is 4.31. The van der Waals surface area contributed by atoms with Crippen molar-refractivity contribution in [1.29, 1.82) is 0 Å². The molecule has 2 heteroatoms. The van der Waals surface area contributed by atoms with Crippen LogP contribution in [0.3, 0.4) is 0 Å². The molecule has 55 valence electrons. The van der Waals surface area contributed by atoms with E-state index in [-0.39, 0.29) is 0 Å². The van der Waals surface area contributed by atoms with Crippen molar-refractivity contribution < 1.29 is 4.43 Å². The lowest BCUT2D eigenvalue weighted by molar-refractivity contribution is 0.321. The Morgan fingerprint density at radius 2 is 1.89 bits per heavy atom. The smallest absolute Gasteiger partial charge is 0.208 e. The van der Waals surface area contributed by atoms with Crippen LogP contribution < -0.4 is 0 Å². The van der Waals surface area contributed by atoms with Crippen molar-refractivity contribution in [3.8, 4) is 0 Å². The zero-order valence-corrected chi connectivity index (χ0v) is 7.74. The van der Waals surface area contributed by atoms with E-state index in [1.165, 1.54) is 12.5 Å². The van der Waals surface area contributed by atoms with Gasteiger partial charge in [0.15, 0.2) is 0 Å². The summed E-state index contributed by atoms with van der Waals surface area (Å²) in [5.74, 6) is 0. The molecule has 0 N–H and O–H groups in total. The Bertz CT molecular complexity index is 56.9. The molecule has 1 radical (unpaired) electrons. The van der Waals surface area contributed by atoms with Gasteiger partial charge in [0.05, 0.1) is 0 Å². The Morgan fingerprint density at radius 3 is 2.33 bits per heavy atom. The second-order valence-electron chi connectivity index (χ2n) is 2.30.